The Morgan fingerprint density at radius 2 is 2.05 bits per heavy atom. The van der Waals surface area contributed by atoms with Crippen LogP contribution in [0.4, 0.5) is 0 Å². The zero-order chi connectivity index (χ0) is 16.4. The molecule has 0 aromatic rings. The first kappa shape index (κ1) is 16.7. The SMILES string of the molecule is C[C@@H]1C(O)C=C(C(=O)O)OC1[C@@H](O)[C@@H](O)CNC(=O)C1CC1. The predicted octanol–water partition coefficient (Wildman–Crippen LogP) is -1.40. The lowest BCUT2D eigenvalue weighted by Gasteiger charge is -2.36. The van der Waals surface area contributed by atoms with Crippen LogP contribution in [0.15, 0.2) is 11.8 Å². The van der Waals surface area contributed by atoms with Gasteiger partial charge in [0.25, 0.3) is 0 Å². The summed E-state index contributed by atoms with van der Waals surface area (Å²) < 4.78 is 5.16. The molecule has 22 heavy (non-hydrogen) atoms. The Kier molecular flexibility index (Phi) is 5.05. The maximum absolute atomic E-state index is 11.5. The lowest BCUT2D eigenvalue weighted by Crippen LogP contribution is -2.51. The second-order valence-electron chi connectivity index (χ2n) is 5.85. The second kappa shape index (κ2) is 6.64. The molecule has 2 rings (SSSR count). The van der Waals surface area contributed by atoms with Gasteiger partial charge >= 0.3 is 5.97 Å². The summed E-state index contributed by atoms with van der Waals surface area (Å²) in [6.45, 7) is 1.41. The molecule has 0 spiro atoms. The van der Waals surface area contributed by atoms with Crippen molar-refractivity contribution in [1.82, 2.24) is 5.32 Å². The van der Waals surface area contributed by atoms with Crippen molar-refractivity contribution in [2.24, 2.45) is 11.8 Å². The third kappa shape index (κ3) is 3.76. The zero-order valence-electron chi connectivity index (χ0n) is 12.2. The number of carbonyl (C=O) groups excluding carboxylic acids is 1. The highest BCUT2D eigenvalue weighted by atomic mass is 16.5. The van der Waals surface area contributed by atoms with E-state index in [1.165, 1.54) is 0 Å². The van der Waals surface area contributed by atoms with Crippen molar-refractivity contribution in [3.8, 4) is 0 Å². The number of hydrogen-bond acceptors (Lipinski definition) is 6. The molecule has 2 unspecified atom stereocenters. The van der Waals surface area contributed by atoms with Crippen molar-refractivity contribution in [2.75, 3.05) is 6.54 Å². The summed E-state index contributed by atoms with van der Waals surface area (Å²) in [7, 11) is 0. The first-order valence-corrected chi connectivity index (χ1v) is 7.25. The van der Waals surface area contributed by atoms with Gasteiger partial charge in [-0.15, -0.1) is 0 Å². The summed E-state index contributed by atoms with van der Waals surface area (Å²) in [6.07, 6.45) is -2.25. The first-order valence-electron chi connectivity index (χ1n) is 7.25. The molecule has 1 heterocycles. The van der Waals surface area contributed by atoms with Crippen LogP contribution in [-0.2, 0) is 14.3 Å². The summed E-state index contributed by atoms with van der Waals surface area (Å²) in [5, 5.41) is 41.4. The maximum atomic E-state index is 11.5. The molecule has 1 fully saturated rings. The normalized spacial score (nSPS) is 30.7. The molecule has 1 amide bonds. The van der Waals surface area contributed by atoms with E-state index in [9.17, 15) is 24.9 Å². The summed E-state index contributed by atoms with van der Waals surface area (Å²) in [5.74, 6) is -2.62. The molecular formula is C14H21NO7. The molecule has 0 aromatic heterocycles. The largest absolute Gasteiger partial charge is 0.480 e. The fourth-order valence-electron chi connectivity index (χ4n) is 2.33. The molecule has 5 N–H and O–H groups in total. The lowest BCUT2D eigenvalue weighted by molar-refractivity contribution is -0.149. The summed E-state index contributed by atoms with van der Waals surface area (Å²) >= 11 is 0. The van der Waals surface area contributed by atoms with Crippen molar-refractivity contribution in [3.05, 3.63) is 11.8 Å². The smallest absolute Gasteiger partial charge is 0.370 e. The van der Waals surface area contributed by atoms with Gasteiger partial charge in [-0.3, -0.25) is 4.79 Å². The molecule has 124 valence electrons. The summed E-state index contributed by atoms with van der Waals surface area (Å²) in [4.78, 5) is 22.4. The third-order valence-electron chi connectivity index (χ3n) is 4.02. The number of aliphatic hydroxyl groups is 3. The number of hydrogen-bond donors (Lipinski definition) is 5. The van der Waals surface area contributed by atoms with Gasteiger partial charge in [0.1, 0.15) is 18.3 Å². The molecule has 8 nitrogen and oxygen atoms in total. The summed E-state index contributed by atoms with van der Waals surface area (Å²) in [6, 6.07) is 0. The average molecular weight is 315 g/mol. The maximum Gasteiger partial charge on any atom is 0.370 e. The second-order valence-corrected chi connectivity index (χ2v) is 5.85. The molecule has 5 atom stereocenters. The van der Waals surface area contributed by atoms with E-state index < -0.39 is 42.1 Å². The van der Waals surface area contributed by atoms with Gasteiger partial charge in [0.15, 0.2) is 0 Å². The van der Waals surface area contributed by atoms with Gasteiger partial charge in [-0.05, 0) is 18.9 Å². The van der Waals surface area contributed by atoms with Crippen LogP contribution in [0.25, 0.3) is 0 Å². The monoisotopic (exact) mass is 315 g/mol. The first-order chi connectivity index (χ1) is 10.3. The van der Waals surface area contributed by atoms with Crippen LogP contribution in [0, 0.1) is 11.8 Å². The van der Waals surface area contributed by atoms with E-state index in [1.807, 2.05) is 0 Å². The van der Waals surface area contributed by atoms with Crippen molar-refractivity contribution >= 4 is 11.9 Å². The van der Waals surface area contributed by atoms with Crippen molar-refractivity contribution in [3.63, 3.8) is 0 Å². The van der Waals surface area contributed by atoms with Crippen LogP contribution in [0.1, 0.15) is 19.8 Å². The van der Waals surface area contributed by atoms with E-state index in [0.717, 1.165) is 18.9 Å². The van der Waals surface area contributed by atoms with E-state index in [1.54, 1.807) is 6.92 Å². The number of amides is 1. The number of carbonyl (C=O) groups is 2. The van der Waals surface area contributed by atoms with Crippen molar-refractivity contribution in [1.29, 1.82) is 0 Å². The standard InChI is InChI=1S/C14H21NO7/c1-6-8(16)4-10(14(20)21)22-12(6)11(18)9(17)5-15-13(19)7-2-3-7/h4,6-9,11-12,16-18H,2-3,5H2,1H3,(H,15,19)(H,20,21)/t6-,8?,9+,11+,12?/m1/s1. The van der Waals surface area contributed by atoms with Crippen molar-refractivity contribution < 1.29 is 34.8 Å². The molecule has 1 aliphatic carbocycles. The van der Waals surface area contributed by atoms with Gasteiger partial charge in [0, 0.05) is 18.4 Å². The van der Waals surface area contributed by atoms with Crippen LogP contribution >= 0.6 is 0 Å². The van der Waals surface area contributed by atoms with Crippen LogP contribution in [-0.4, -0.2) is 63.3 Å². The van der Waals surface area contributed by atoms with E-state index in [2.05, 4.69) is 5.32 Å². The van der Waals surface area contributed by atoms with E-state index in [-0.39, 0.29) is 18.4 Å². The van der Waals surface area contributed by atoms with E-state index >= 15 is 0 Å². The van der Waals surface area contributed by atoms with Crippen LogP contribution in [0.2, 0.25) is 0 Å². The molecular weight excluding hydrogens is 294 g/mol. The number of carboxylic acid groups (broad SMARTS) is 1. The summed E-state index contributed by atoms with van der Waals surface area (Å²) in [5.41, 5.74) is 0. The topological polar surface area (TPSA) is 136 Å². The number of ether oxygens (including phenoxy) is 1. The number of carboxylic acids is 1. The fourth-order valence-corrected chi connectivity index (χ4v) is 2.33. The number of rotatable bonds is 6. The Bertz CT molecular complexity index is 474. The zero-order valence-corrected chi connectivity index (χ0v) is 12.2. The van der Waals surface area contributed by atoms with E-state index in [0.29, 0.717) is 0 Å². The number of nitrogens with one attached hydrogen (secondary N) is 1. The number of aliphatic hydroxyl groups excluding tert-OH is 3. The fraction of sp³-hybridized carbons (Fsp3) is 0.714. The quantitative estimate of drug-likeness (QED) is 0.406. The van der Waals surface area contributed by atoms with Gasteiger partial charge in [0.05, 0.1) is 6.10 Å². The Labute approximate surface area is 127 Å². The molecule has 0 bridgehead atoms. The predicted molar refractivity (Wildman–Crippen MR) is 73.5 cm³/mol. The van der Waals surface area contributed by atoms with E-state index in [4.69, 9.17) is 9.84 Å². The molecule has 2 aliphatic rings. The van der Waals surface area contributed by atoms with Crippen LogP contribution in [0.3, 0.4) is 0 Å². The molecule has 1 saturated carbocycles. The Morgan fingerprint density at radius 1 is 1.41 bits per heavy atom. The Balaban J connectivity index is 1.94. The molecule has 0 saturated heterocycles. The van der Waals surface area contributed by atoms with Crippen molar-refractivity contribution in [2.45, 2.75) is 44.2 Å². The van der Waals surface area contributed by atoms with Crippen LogP contribution in [0.5, 0.6) is 0 Å². The Hall–Kier alpha value is -1.64. The Morgan fingerprint density at radius 3 is 2.59 bits per heavy atom. The minimum absolute atomic E-state index is 0.0161. The van der Waals surface area contributed by atoms with Crippen LogP contribution < -0.4 is 5.32 Å². The molecule has 0 aromatic carbocycles. The molecule has 1 aliphatic heterocycles. The minimum Gasteiger partial charge on any atom is -0.480 e. The molecule has 8 heteroatoms. The average Bonchev–Trinajstić information content (AvgIpc) is 3.30. The highest BCUT2D eigenvalue weighted by Gasteiger charge is 2.40. The van der Waals surface area contributed by atoms with Gasteiger partial charge in [-0.1, -0.05) is 6.92 Å². The lowest BCUT2D eigenvalue weighted by atomic mass is 9.89. The third-order valence-corrected chi connectivity index (χ3v) is 4.02. The van der Waals surface area contributed by atoms with Gasteiger partial charge < -0.3 is 30.5 Å². The van der Waals surface area contributed by atoms with Gasteiger partial charge in [-0.2, -0.15) is 0 Å². The minimum atomic E-state index is -1.44. The highest BCUT2D eigenvalue weighted by molar-refractivity contribution is 5.84. The molecule has 0 radical (unpaired) electrons. The van der Waals surface area contributed by atoms with Gasteiger partial charge in [0.2, 0.25) is 11.7 Å². The number of aliphatic carboxylic acids is 1. The highest BCUT2D eigenvalue weighted by Crippen LogP contribution is 2.29. The van der Waals surface area contributed by atoms with Gasteiger partial charge in [-0.25, -0.2) is 4.79 Å².